The topological polar surface area (TPSA) is 126 Å². The molecular weight excluding hydrogens is 528 g/mol. The van der Waals surface area contributed by atoms with Crippen LogP contribution in [0.15, 0.2) is 36.4 Å². The number of nitrogens with zero attached hydrogens (tertiary/aromatic N) is 1. The quantitative estimate of drug-likeness (QED) is 0.285. The number of phenols is 2. The average Bonchev–Trinajstić information content (AvgIpc) is 2.74. The zero-order chi connectivity index (χ0) is 31.6. The molecule has 0 unspecified atom stereocenters. The van der Waals surface area contributed by atoms with E-state index >= 15 is 0 Å². The van der Waals surface area contributed by atoms with Crippen molar-refractivity contribution >= 4 is 11.9 Å². The number of carbonyl (C=O) groups is 2. The Morgan fingerprint density at radius 2 is 1.10 bits per heavy atom. The molecule has 0 amide bonds. The van der Waals surface area contributed by atoms with Gasteiger partial charge in [-0.3, -0.25) is 4.90 Å². The van der Waals surface area contributed by atoms with Crippen molar-refractivity contribution < 1.29 is 47.9 Å². The molecule has 2 aromatic rings. The van der Waals surface area contributed by atoms with E-state index in [9.17, 15) is 23.5 Å². The van der Waals surface area contributed by atoms with Gasteiger partial charge in [-0.2, -0.15) is 0 Å². The second kappa shape index (κ2) is 14.9. The van der Waals surface area contributed by atoms with Crippen LogP contribution in [0.1, 0.15) is 83.0 Å². The Kier molecular flexibility index (Phi) is 13.7. The molecule has 0 fully saturated rings. The number of aromatic carboxylic acids is 1. The van der Waals surface area contributed by atoms with Crippen LogP contribution in [0.4, 0.5) is 8.78 Å². The molecule has 11 heteroatoms. The van der Waals surface area contributed by atoms with E-state index in [4.69, 9.17) is 24.4 Å². The van der Waals surface area contributed by atoms with E-state index in [1.807, 2.05) is 60.5 Å². The predicted octanol–water partition coefficient (Wildman–Crippen LogP) is 6.18. The van der Waals surface area contributed by atoms with Gasteiger partial charge in [0, 0.05) is 0 Å². The summed E-state index contributed by atoms with van der Waals surface area (Å²) in [7, 11) is 3.89. The van der Waals surface area contributed by atoms with E-state index in [-0.39, 0.29) is 28.9 Å². The number of ether oxygens (including phenoxy) is 3. The highest BCUT2D eigenvalue weighted by Crippen LogP contribution is 2.22. The van der Waals surface area contributed by atoms with Crippen molar-refractivity contribution in [2.24, 2.45) is 0 Å². The van der Waals surface area contributed by atoms with Crippen LogP contribution < -0.4 is 0 Å². The van der Waals surface area contributed by atoms with Gasteiger partial charge in [0.1, 0.15) is 39.9 Å². The lowest BCUT2D eigenvalue weighted by atomic mass is 10.1. The van der Waals surface area contributed by atoms with Crippen LogP contribution in [0.5, 0.6) is 11.5 Å². The van der Waals surface area contributed by atoms with Crippen LogP contribution in [0.3, 0.4) is 0 Å². The number of benzene rings is 2. The average molecular weight is 572 g/mol. The molecule has 0 aliphatic carbocycles. The van der Waals surface area contributed by atoms with Gasteiger partial charge in [-0.1, -0.05) is 0 Å². The molecular formula is C29H43F2NO8. The molecule has 0 saturated heterocycles. The van der Waals surface area contributed by atoms with Gasteiger partial charge >= 0.3 is 11.9 Å². The summed E-state index contributed by atoms with van der Waals surface area (Å²) < 4.78 is 41.7. The minimum atomic E-state index is -1.35. The summed E-state index contributed by atoms with van der Waals surface area (Å²) in [4.78, 5) is 23.7. The highest BCUT2D eigenvalue weighted by atomic mass is 19.1. The van der Waals surface area contributed by atoms with E-state index in [0.29, 0.717) is 0 Å². The van der Waals surface area contributed by atoms with Gasteiger partial charge in [-0.05, 0) is 113 Å². The molecule has 0 saturated carbocycles. The highest BCUT2D eigenvalue weighted by Gasteiger charge is 2.26. The van der Waals surface area contributed by atoms with Gasteiger partial charge < -0.3 is 29.5 Å². The van der Waals surface area contributed by atoms with Crippen LogP contribution in [0, 0.1) is 11.6 Å². The fourth-order valence-corrected chi connectivity index (χ4v) is 2.52. The molecule has 2 rings (SSSR count). The predicted molar refractivity (Wildman–Crippen MR) is 147 cm³/mol. The van der Waals surface area contributed by atoms with Crippen LogP contribution in [0.25, 0.3) is 0 Å². The third kappa shape index (κ3) is 16.0. The smallest absolute Gasteiger partial charge is 0.342 e. The minimum absolute atomic E-state index is 0.162. The SMILES string of the molecule is CC(C)(C)OC(=O)c1cc(F)ccc1O.CN(C)C(OC(C)(C)C)OC(C)(C)C.O=C(O)c1cc(F)ccc1O. The highest BCUT2D eigenvalue weighted by molar-refractivity contribution is 5.92. The van der Waals surface area contributed by atoms with Crippen molar-refractivity contribution in [1.29, 1.82) is 0 Å². The van der Waals surface area contributed by atoms with Crippen LogP contribution in [-0.4, -0.2) is 69.5 Å². The first-order chi connectivity index (χ1) is 17.9. The molecule has 0 aliphatic heterocycles. The number of carboxylic acids is 1. The van der Waals surface area contributed by atoms with E-state index in [0.717, 1.165) is 36.4 Å². The van der Waals surface area contributed by atoms with Crippen LogP contribution >= 0.6 is 0 Å². The van der Waals surface area contributed by atoms with Crippen LogP contribution in [0.2, 0.25) is 0 Å². The van der Waals surface area contributed by atoms with Gasteiger partial charge in [0.05, 0.1) is 11.2 Å². The largest absolute Gasteiger partial charge is 0.507 e. The number of halogens is 2. The number of aromatic hydroxyl groups is 2. The first-order valence-electron chi connectivity index (χ1n) is 12.4. The summed E-state index contributed by atoms with van der Waals surface area (Å²) in [5.41, 5.74) is -1.65. The summed E-state index contributed by atoms with van der Waals surface area (Å²) >= 11 is 0. The maximum Gasteiger partial charge on any atom is 0.342 e. The van der Waals surface area contributed by atoms with Gasteiger partial charge in [0.25, 0.3) is 0 Å². The van der Waals surface area contributed by atoms with Gasteiger partial charge in [-0.25, -0.2) is 18.4 Å². The third-order valence-electron chi connectivity index (χ3n) is 4.10. The van der Waals surface area contributed by atoms with Crippen molar-refractivity contribution in [3.63, 3.8) is 0 Å². The van der Waals surface area contributed by atoms with Crippen molar-refractivity contribution in [2.45, 2.75) is 85.5 Å². The molecule has 226 valence electrons. The van der Waals surface area contributed by atoms with E-state index < -0.39 is 40.5 Å². The van der Waals surface area contributed by atoms with Gasteiger partial charge in [-0.15, -0.1) is 0 Å². The number of rotatable bonds is 5. The monoisotopic (exact) mass is 571 g/mol. The molecule has 0 aromatic heterocycles. The number of carboxylic acid groups (broad SMARTS) is 1. The fourth-order valence-electron chi connectivity index (χ4n) is 2.52. The summed E-state index contributed by atoms with van der Waals surface area (Å²) in [5.74, 6) is -4.07. The molecule has 9 nitrogen and oxygen atoms in total. The molecule has 0 spiro atoms. The Morgan fingerprint density at radius 3 is 1.40 bits per heavy atom. The first kappa shape index (κ1) is 36.7. The Labute approximate surface area is 235 Å². The minimum Gasteiger partial charge on any atom is -0.507 e. The van der Waals surface area contributed by atoms with Crippen LogP contribution in [-0.2, 0) is 14.2 Å². The fraction of sp³-hybridized carbons (Fsp3) is 0.517. The van der Waals surface area contributed by atoms with E-state index in [2.05, 4.69) is 0 Å². The molecule has 0 atom stereocenters. The summed E-state index contributed by atoms with van der Waals surface area (Å²) in [5, 5.41) is 26.6. The van der Waals surface area contributed by atoms with E-state index in [1.54, 1.807) is 20.8 Å². The van der Waals surface area contributed by atoms with Crippen molar-refractivity contribution in [2.75, 3.05) is 14.1 Å². The Morgan fingerprint density at radius 1 is 0.725 bits per heavy atom. The van der Waals surface area contributed by atoms with Gasteiger partial charge in [0.15, 0.2) is 0 Å². The van der Waals surface area contributed by atoms with Crippen molar-refractivity contribution in [1.82, 2.24) is 4.90 Å². The second-order valence-electron chi connectivity index (χ2n) is 11.9. The molecule has 3 N–H and O–H groups in total. The summed E-state index contributed by atoms with van der Waals surface area (Å²) in [6.45, 7) is 17.2. The zero-order valence-electron chi connectivity index (χ0n) is 25.1. The molecule has 2 aromatic carbocycles. The lowest BCUT2D eigenvalue weighted by Crippen LogP contribution is -2.43. The lowest BCUT2D eigenvalue weighted by molar-refractivity contribution is -0.285. The first-order valence-corrected chi connectivity index (χ1v) is 12.4. The Hall–Kier alpha value is -3.28. The molecule has 40 heavy (non-hydrogen) atoms. The molecule has 0 radical (unpaired) electrons. The number of hydrogen-bond acceptors (Lipinski definition) is 8. The number of phenolic OH excluding ortho intramolecular Hbond substituents is 1. The molecule has 0 heterocycles. The Bertz CT molecular complexity index is 1100. The standard InChI is InChI=1S/C11H13FO3.C11H25NO2.C7H5FO3/c1-11(2,3)15-10(14)8-6-7(12)4-5-9(8)13;1-10(2,3)13-9(12(7)8)14-11(4,5)6;8-4-1-2-6(9)5(3-4)7(10)11/h4-6,13H,1-3H3;9H,1-8H3;1-3,9H,(H,10,11). The van der Waals surface area contributed by atoms with Gasteiger partial charge in [0.2, 0.25) is 6.41 Å². The van der Waals surface area contributed by atoms with Crippen molar-refractivity contribution in [3.8, 4) is 11.5 Å². The number of hydrogen-bond donors (Lipinski definition) is 3. The molecule has 0 aliphatic rings. The number of carbonyl (C=O) groups excluding carboxylic acids is 1. The zero-order valence-corrected chi connectivity index (χ0v) is 25.1. The Balaban J connectivity index is 0.000000577. The van der Waals surface area contributed by atoms with E-state index in [1.165, 1.54) is 0 Å². The normalized spacial score (nSPS) is 11.8. The summed E-state index contributed by atoms with van der Waals surface area (Å²) in [6, 6.07) is 5.89. The number of esters is 1. The molecule has 0 bridgehead atoms. The second-order valence-corrected chi connectivity index (χ2v) is 11.9. The summed E-state index contributed by atoms with van der Waals surface area (Å²) in [6.07, 6.45) is -0.296. The third-order valence-corrected chi connectivity index (χ3v) is 4.10. The maximum atomic E-state index is 12.8. The lowest BCUT2D eigenvalue weighted by Gasteiger charge is -2.35. The maximum absolute atomic E-state index is 12.8. The van der Waals surface area contributed by atoms with Crippen molar-refractivity contribution in [3.05, 3.63) is 59.2 Å².